The van der Waals surface area contributed by atoms with E-state index < -0.39 is 6.04 Å². The van der Waals surface area contributed by atoms with Crippen LogP contribution in [0.1, 0.15) is 38.3 Å². The van der Waals surface area contributed by atoms with Crippen LogP contribution in [0.5, 0.6) is 0 Å². The van der Waals surface area contributed by atoms with Crippen molar-refractivity contribution in [3.63, 3.8) is 0 Å². The molecule has 2 atom stereocenters. The highest BCUT2D eigenvalue weighted by atomic mass is 79.9. The molecule has 2 amide bonds. The Labute approximate surface area is 190 Å². The number of amides is 2. The number of carbonyl (C=O) groups excluding carboxylic acids is 2. The molecule has 7 heteroatoms. The molecule has 2 unspecified atom stereocenters. The molecule has 0 saturated carbocycles. The van der Waals surface area contributed by atoms with E-state index in [1.165, 1.54) is 0 Å². The second-order valence-electron chi connectivity index (χ2n) is 7.07. The van der Waals surface area contributed by atoms with Gasteiger partial charge in [0, 0.05) is 17.1 Å². The molecule has 2 aromatic carbocycles. The number of hydrogen-bond acceptors (Lipinski definition) is 2. The van der Waals surface area contributed by atoms with Gasteiger partial charge >= 0.3 is 0 Å². The Morgan fingerprint density at radius 1 is 1.07 bits per heavy atom. The first kappa shape index (κ1) is 23.7. The van der Waals surface area contributed by atoms with Crippen molar-refractivity contribution >= 4 is 50.9 Å². The average molecular weight is 500 g/mol. The summed E-state index contributed by atoms with van der Waals surface area (Å²) in [6.07, 6.45) is 0.952. The van der Waals surface area contributed by atoms with Crippen LogP contribution in [0.4, 0.5) is 0 Å². The summed E-state index contributed by atoms with van der Waals surface area (Å²) in [6, 6.07) is 12.3. The van der Waals surface area contributed by atoms with Crippen LogP contribution in [0.25, 0.3) is 0 Å². The van der Waals surface area contributed by atoms with E-state index in [9.17, 15) is 9.59 Å². The van der Waals surface area contributed by atoms with Gasteiger partial charge in [-0.1, -0.05) is 64.3 Å². The molecule has 0 aliphatic rings. The van der Waals surface area contributed by atoms with Crippen molar-refractivity contribution in [1.29, 1.82) is 0 Å². The van der Waals surface area contributed by atoms with Gasteiger partial charge in [-0.25, -0.2) is 0 Å². The second kappa shape index (κ2) is 11.0. The molecule has 0 aromatic heterocycles. The zero-order valence-electron chi connectivity index (χ0n) is 16.7. The van der Waals surface area contributed by atoms with E-state index in [0.29, 0.717) is 16.6 Å². The number of hydrogen-bond donors (Lipinski definition) is 1. The van der Waals surface area contributed by atoms with Crippen molar-refractivity contribution in [2.75, 3.05) is 0 Å². The van der Waals surface area contributed by atoms with Crippen LogP contribution in [-0.4, -0.2) is 28.8 Å². The summed E-state index contributed by atoms with van der Waals surface area (Å²) < 4.78 is 0.920. The number of nitrogens with zero attached hydrogens (tertiary/aromatic N) is 1. The zero-order chi connectivity index (χ0) is 21.6. The molecule has 0 radical (unpaired) electrons. The molecule has 0 spiro atoms. The lowest BCUT2D eigenvalue weighted by Gasteiger charge is -2.30. The number of halogens is 3. The first-order valence-electron chi connectivity index (χ1n) is 9.49. The smallest absolute Gasteiger partial charge is 0.242 e. The van der Waals surface area contributed by atoms with E-state index in [0.717, 1.165) is 22.0 Å². The van der Waals surface area contributed by atoms with Gasteiger partial charge in [-0.15, -0.1) is 0 Å². The first-order valence-corrected chi connectivity index (χ1v) is 11.0. The lowest BCUT2D eigenvalue weighted by Crippen LogP contribution is -2.49. The van der Waals surface area contributed by atoms with Gasteiger partial charge in [0.05, 0.1) is 16.5 Å². The van der Waals surface area contributed by atoms with E-state index in [2.05, 4.69) is 21.2 Å². The molecule has 0 fully saturated rings. The molecule has 0 aliphatic carbocycles. The van der Waals surface area contributed by atoms with E-state index in [1.54, 1.807) is 30.0 Å². The summed E-state index contributed by atoms with van der Waals surface area (Å²) >= 11 is 15.5. The maximum atomic E-state index is 13.2. The predicted octanol–water partition coefficient (Wildman–Crippen LogP) is 5.63. The van der Waals surface area contributed by atoms with Crippen molar-refractivity contribution in [1.82, 2.24) is 10.2 Å². The van der Waals surface area contributed by atoms with Crippen LogP contribution in [-0.2, 0) is 22.6 Å². The Bertz CT molecular complexity index is 876. The van der Waals surface area contributed by atoms with E-state index in [4.69, 9.17) is 23.2 Å². The quantitative estimate of drug-likeness (QED) is 0.511. The Balaban J connectivity index is 2.25. The maximum absolute atomic E-state index is 13.2. The Morgan fingerprint density at radius 2 is 1.79 bits per heavy atom. The Morgan fingerprint density at radius 3 is 2.41 bits per heavy atom. The normalized spacial score (nSPS) is 12.9. The molecule has 29 heavy (non-hydrogen) atoms. The average Bonchev–Trinajstić information content (AvgIpc) is 2.68. The molecular weight excluding hydrogens is 475 g/mol. The van der Waals surface area contributed by atoms with Gasteiger partial charge in [0.1, 0.15) is 6.04 Å². The molecule has 4 nitrogen and oxygen atoms in total. The summed E-state index contributed by atoms with van der Waals surface area (Å²) in [5.41, 5.74) is 1.68. The Hall–Kier alpha value is -1.56. The van der Waals surface area contributed by atoms with Crippen LogP contribution in [0.3, 0.4) is 0 Å². The molecular formula is C22H25BrCl2N2O2. The van der Waals surface area contributed by atoms with Crippen molar-refractivity contribution in [3.05, 3.63) is 68.1 Å². The predicted molar refractivity (Wildman–Crippen MR) is 122 cm³/mol. The fourth-order valence-corrected chi connectivity index (χ4v) is 3.57. The SMILES string of the molecule is CCC(C)NC(=O)C(C)N(Cc1cccc(Br)c1)C(=O)Cc1ccc(Cl)c(Cl)c1. The van der Waals surface area contributed by atoms with Gasteiger partial charge < -0.3 is 10.2 Å². The summed E-state index contributed by atoms with van der Waals surface area (Å²) in [6.45, 7) is 6.03. The number of rotatable bonds is 8. The van der Waals surface area contributed by atoms with Crippen LogP contribution >= 0.6 is 39.1 Å². The largest absolute Gasteiger partial charge is 0.352 e. The summed E-state index contributed by atoms with van der Waals surface area (Å²) in [4.78, 5) is 27.5. The highest BCUT2D eigenvalue weighted by Gasteiger charge is 2.27. The van der Waals surface area contributed by atoms with E-state index >= 15 is 0 Å². The van der Waals surface area contributed by atoms with Gasteiger partial charge in [0.25, 0.3) is 0 Å². The van der Waals surface area contributed by atoms with Gasteiger partial charge in [0.2, 0.25) is 11.8 Å². The molecule has 2 rings (SSSR count). The van der Waals surface area contributed by atoms with Crippen molar-refractivity contribution < 1.29 is 9.59 Å². The van der Waals surface area contributed by atoms with Gasteiger partial charge in [-0.05, 0) is 55.7 Å². The van der Waals surface area contributed by atoms with E-state index in [1.807, 2.05) is 38.1 Å². The molecule has 1 N–H and O–H groups in total. The third-order valence-corrected chi connectivity index (χ3v) is 5.98. The van der Waals surface area contributed by atoms with Gasteiger partial charge in [-0.2, -0.15) is 0 Å². The maximum Gasteiger partial charge on any atom is 0.242 e. The van der Waals surface area contributed by atoms with Crippen molar-refractivity contribution in [2.24, 2.45) is 0 Å². The van der Waals surface area contributed by atoms with Crippen molar-refractivity contribution in [2.45, 2.75) is 52.2 Å². The second-order valence-corrected chi connectivity index (χ2v) is 8.80. The molecule has 0 bridgehead atoms. The standard InChI is InChI=1S/C22H25BrCl2N2O2/c1-4-14(2)26-22(29)15(3)27(13-17-6-5-7-18(23)10-17)21(28)12-16-8-9-19(24)20(25)11-16/h5-11,14-15H,4,12-13H2,1-3H3,(H,26,29). The lowest BCUT2D eigenvalue weighted by atomic mass is 10.1. The fraction of sp³-hybridized carbons (Fsp3) is 0.364. The minimum atomic E-state index is -0.613. The van der Waals surface area contributed by atoms with E-state index in [-0.39, 0.29) is 24.3 Å². The van der Waals surface area contributed by atoms with Crippen LogP contribution < -0.4 is 5.32 Å². The molecule has 0 heterocycles. The van der Waals surface area contributed by atoms with Crippen LogP contribution in [0.15, 0.2) is 46.9 Å². The first-order chi connectivity index (χ1) is 13.7. The summed E-state index contributed by atoms with van der Waals surface area (Å²) in [5, 5.41) is 3.80. The minimum Gasteiger partial charge on any atom is -0.352 e. The number of nitrogens with one attached hydrogen (secondary N) is 1. The number of benzene rings is 2. The Kier molecular flexibility index (Phi) is 9.00. The highest BCUT2D eigenvalue weighted by molar-refractivity contribution is 9.10. The third kappa shape index (κ3) is 7.02. The molecule has 0 saturated heterocycles. The monoisotopic (exact) mass is 498 g/mol. The lowest BCUT2D eigenvalue weighted by molar-refractivity contribution is -0.140. The molecule has 2 aromatic rings. The van der Waals surface area contributed by atoms with Gasteiger partial charge in [-0.3, -0.25) is 9.59 Å². The van der Waals surface area contributed by atoms with Crippen LogP contribution in [0, 0.1) is 0 Å². The minimum absolute atomic E-state index is 0.0443. The topological polar surface area (TPSA) is 49.4 Å². The highest BCUT2D eigenvalue weighted by Crippen LogP contribution is 2.23. The van der Waals surface area contributed by atoms with Crippen molar-refractivity contribution in [3.8, 4) is 0 Å². The van der Waals surface area contributed by atoms with Gasteiger partial charge in [0.15, 0.2) is 0 Å². The zero-order valence-corrected chi connectivity index (χ0v) is 19.8. The summed E-state index contributed by atoms with van der Waals surface area (Å²) in [5.74, 6) is -0.327. The molecule has 156 valence electrons. The summed E-state index contributed by atoms with van der Waals surface area (Å²) in [7, 11) is 0. The fourth-order valence-electron chi connectivity index (χ4n) is 2.81. The number of carbonyl (C=O) groups is 2. The van der Waals surface area contributed by atoms with Crippen LogP contribution in [0.2, 0.25) is 10.0 Å². The third-order valence-electron chi connectivity index (χ3n) is 4.75. The molecule has 0 aliphatic heterocycles.